The zero-order chi connectivity index (χ0) is 28.9. The number of halogens is 3. The molecular weight excluding hydrogens is 521 g/mol. The number of rotatable bonds is 10. The Hall–Kier alpha value is -4.08. The molecule has 3 aromatic rings. The number of aromatic nitrogens is 1. The first-order valence-corrected chi connectivity index (χ1v) is 13.3. The Kier molecular flexibility index (Phi) is 8.96. The maximum absolute atomic E-state index is 13.2. The van der Waals surface area contributed by atoms with Crippen molar-refractivity contribution in [1.29, 1.82) is 0 Å². The van der Waals surface area contributed by atoms with Crippen LogP contribution >= 0.6 is 0 Å². The third-order valence-electron chi connectivity index (χ3n) is 7.22. The molecule has 212 valence electrons. The van der Waals surface area contributed by atoms with Gasteiger partial charge in [-0.2, -0.15) is 13.2 Å². The van der Waals surface area contributed by atoms with Crippen LogP contribution < -0.4 is 15.5 Å². The molecular formula is C30H33F3N4O3. The molecule has 1 aliphatic rings. The number of anilines is 2. The van der Waals surface area contributed by atoms with Crippen LogP contribution in [0.4, 0.5) is 24.7 Å². The van der Waals surface area contributed by atoms with Gasteiger partial charge in [0.05, 0.1) is 5.56 Å². The first kappa shape index (κ1) is 28.9. The number of hydrogen-bond donors (Lipinski definition) is 3. The summed E-state index contributed by atoms with van der Waals surface area (Å²) in [6.07, 6.45) is -1.50. The average molecular weight is 555 g/mol. The van der Waals surface area contributed by atoms with Crippen molar-refractivity contribution in [2.75, 3.05) is 29.9 Å². The first-order valence-electron chi connectivity index (χ1n) is 13.3. The number of benzene rings is 2. The molecule has 1 fully saturated rings. The lowest BCUT2D eigenvalue weighted by molar-refractivity contribution is -0.139. The molecule has 2 heterocycles. The molecule has 3 N–H and O–H groups in total. The number of pyridine rings is 1. The summed E-state index contributed by atoms with van der Waals surface area (Å²) in [6.45, 7) is 5.70. The molecule has 40 heavy (non-hydrogen) atoms. The summed E-state index contributed by atoms with van der Waals surface area (Å²) in [5, 5.41) is 15.7. The number of aryl methyl sites for hydroxylation is 2. The molecule has 1 aliphatic heterocycles. The fraction of sp³-hybridized carbons (Fsp3) is 0.367. The molecule has 1 amide bonds. The van der Waals surface area contributed by atoms with Crippen molar-refractivity contribution in [1.82, 2.24) is 10.3 Å². The lowest BCUT2D eigenvalue weighted by Crippen LogP contribution is -2.43. The van der Waals surface area contributed by atoms with Crippen molar-refractivity contribution < 1.29 is 27.9 Å². The van der Waals surface area contributed by atoms with E-state index < -0.39 is 29.7 Å². The highest BCUT2D eigenvalue weighted by Gasteiger charge is 2.33. The third-order valence-corrected chi connectivity index (χ3v) is 7.22. The van der Waals surface area contributed by atoms with E-state index in [1.807, 2.05) is 42.5 Å². The minimum Gasteiger partial charge on any atom is -0.480 e. The second-order valence-electron chi connectivity index (χ2n) is 10.1. The van der Waals surface area contributed by atoms with Gasteiger partial charge in [-0.15, -0.1) is 0 Å². The number of carboxylic acid groups (broad SMARTS) is 1. The van der Waals surface area contributed by atoms with E-state index in [-0.39, 0.29) is 29.5 Å². The zero-order valence-corrected chi connectivity index (χ0v) is 22.5. The van der Waals surface area contributed by atoms with E-state index in [9.17, 15) is 27.9 Å². The van der Waals surface area contributed by atoms with Gasteiger partial charge in [-0.25, -0.2) is 9.78 Å². The fourth-order valence-electron chi connectivity index (χ4n) is 5.09. The van der Waals surface area contributed by atoms with E-state index in [1.54, 1.807) is 13.1 Å². The first-order chi connectivity index (χ1) is 19.0. The molecule has 4 rings (SSSR count). The van der Waals surface area contributed by atoms with Crippen LogP contribution in [0.2, 0.25) is 0 Å². The predicted octanol–water partition coefficient (Wildman–Crippen LogP) is 5.34. The number of hydrogen-bond acceptors (Lipinski definition) is 5. The van der Waals surface area contributed by atoms with Crippen LogP contribution in [0.5, 0.6) is 0 Å². The third kappa shape index (κ3) is 7.11. The van der Waals surface area contributed by atoms with E-state index in [1.165, 1.54) is 6.92 Å². The topological polar surface area (TPSA) is 94.6 Å². The number of alkyl halides is 3. The average Bonchev–Trinajstić information content (AvgIpc) is 3.40. The van der Waals surface area contributed by atoms with E-state index in [0.29, 0.717) is 5.92 Å². The van der Waals surface area contributed by atoms with Gasteiger partial charge in [0.2, 0.25) is 0 Å². The van der Waals surface area contributed by atoms with Crippen LogP contribution in [-0.2, 0) is 23.8 Å². The normalized spacial score (nSPS) is 16.0. The Balaban J connectivity index is 1.38. The molecule has 1 aromatic heterocycles. The Morgan fingerprint density at radius 2 is 1.90 bits per heavy atom. The van der Waals surface area contributed by atoms with Crippen LogP contribution in [0.15, 0.2) is 60.8 Å². The maximum Gasteiger partial charge on any atom is 0.416 e. The summed E-state index contributed by atoms with van der Waals surface area (Å²) in [7, 11) is 0. The minimum absolute atomic E-state index is 0.0408. The molecule has 7 nitrogen and oxygen atoms in total. The Bertz CT molecular complexity index is 1330. The predicted molar refractivity (Wildman–Crippen MR) is 148 cm³/mol. The van der Waals surface area contributed by atoms with Gasteiger partial charge in [-0.1, -0.05) is 25.1 Å². The molecule has 0 radical (unpaired) electrons. The summed E-state index contributed by atoms with van der Waals surface area (Å²) in [6, 6.07) is 14.0. The van der Waals surface area contributed by atoms with Gasteiger partial charge in [0.1, 0.15) is 11.9 Å². The summed E-state index contributed by atoms with van der Waals surface area (Å²) < 4.78 is 39.7. The number of aliphatic carboxylic acids is 1. The molecule has 2 unspecified atom stereocenters. The summed E-state index contributed by atoms with van der Waals surface area (Å²) in [5.41, 5.74) is 1.38. The smallest absolute Gasteiger partial charge is 0.416 e. The summed E-state index contributed by atoms with van der Waals surface area (Å²) in [5.74, 6) is -0.600. The molecule has 0 spiro atoms. The van der Waals surface area contributed by atoms with Gasteiger partial charge in [0.25, 0.3) is 5.91 Å². The van der Waals surface area contributed by atoms with E-state index in [4.69, 9.17) is 0 Å². The monoisotopic (exact) mass is 554 g/mol. The quantitative estimate of drug-likeness (QED) is 0.314. The van der Waals surface area contributed by atoms with Crippen LogP contribution in [-0.4, -0.2) is 47.6 Å². The van der Waals surface area contributed by atoms with Crippen LogP contribution in [0.25, 0.3) is 0 Å². The SMILES string of the molecule is CCc1cc(C(F)(F)F)cc(C)c1C(=O)NC(Cc1ccc(N2CCC(CNc3ccccn3)C2)cc1)C(=O)O. The van der Waals surface area contributed by atoms with Gasteiger partial charge in [-0.05, 0) is 78.8 Å². The molecule has 2 atom stereocenters. The van der Waals surface area contributed by atoms with Crippen LogP contribution in [0, 0.1) is 12.8 Å². The second kappa shape index (κ2) is 12.4. The van der Waals surface area contributed by atoms with Crippen molar-refractivity contribution in [3.05, 3.63) is 88.6 Å². The second-order valence-corrected chi connectivity index (χ2v) is 10.1. The van der Waals surface area contributed by atoms with E-state index in [2.05, 4.69) is 20.5 Å². The maximum atomic E-state index is 13.2. The zero-order valence-electron chi connectivity index (χ0n) is 22.5. The van der Waals surface area contributed by atoms with Crippen molar-refractivity contribution in [3.8, 4) is 0 Å². The number of nitrogens with one attached hydrogen (secondary N) is 2. The molecule has 2 aromatic carbocycles. The highest BCUT2D eigenvalue weighted by Crippen LogP contribution is 2.32. The minimum atomic E-state index is -4.54. The standard InChI is InChI=1S/C30H33F3N4O3/c1-3-22-16-23(30(31,32)33)14-19(2)27(22)28(38)36-25(29(39)40)15-20-7-9-24(10-8-20)37-13-11-21(18-37)17-35-26-6-4-5-12-34-26/h4-10,12,14,16,21,25H,3,11,13,15,17-18H2,1-2H3,(H,34,35)(H,36,38)(H,39,40). The van der Waals surface area contributed by atoms with E-state index in [0.717, 1.165) is 55.3 Å². The van der Waals surface area contributed by atoms with Crippen LogP contribution in [0.1, 0.15) is 46.0 Å². The molecule has 0 saturated carbocycles. The van der Waals surface area contributed by atoms with Gasteiger partial charge in [-0.3, -0.25) is 4.79 Å². The number of carbonyl (C=O) groups is 2. The molecule has 10 heteroatoms. The van der Waals surface area contributed by atoms with Gasteiger partial charge >= 0.3 is 12.1 Å². The van der Waals surface area contributed by atoms with Crippen molar-refractivity contribution in [2.45, 2.75) is 45.3 Å². The number of carbonyl (C=O) groups excluding carboxylic acids is 1. The van der Waals surface area contributed by atoms with Crippen LogP contribution in [0.3, 0.4) is 0 Å². The van der Waals surface area contributed by atoms with Gasteiger partial charge < -0.3 is 20.6 Å². The van der Waals surface area contributed by atoms with Gasteiger partial charge in [0, 0.05) is 43.5 Å². The highest BCUT2D eigenvalue weighted by atomic mass is 19.4. The Morgan fingerprint density at radius 1 is 1.15 bits per heavy atom. The van der Waals surface area contributed by atoms with Crippen molar-refractivity contribution in [2.24, 2.45) is 5.92 Å². The highest BCUT2D eigenvalue weighted by molar-refractivity contribution is 5.99. The van der Waals surface area contributed by atoms with Gasteiger partial charge in [0.15, 0.2) is 0 Å². The van der Waals surface area contributed by atoms with E-state index >= 15 is 0 Å². The molecule has 1 saturated heterocycles. The summed E-state index contributed by atoms with van der Waals surface area (Å²) in [4.78, 5) is 31.6. The molecule has 0 aliphatic carbocycles. The van der Waals surface area contributed by atoms with Crippen molar-refractivity contribution in [3.63, 3.8) is 0 Å². The fourth-order valence-corrected chi connectivity index (χ4v) is 5.09. The number of amides is 1. The summed E-state index contributed by atoms with van der Waals surface area (Å²) >= 11 is 0. The number of carboxylic acids is 1. The number of nitrogens with zero attached hydrogens (tertiary/aromatic N) is 2. The largest absolute Gasteiger partial charge is 0.480 e. The Morgan fingerprint density at radius 3 is 2.52 bits per heavy atom. The lowest BCUT2D eigenvalue weighted by atomic mass is 9.95. The molecule has 0 bridgehead atoms. The van der Waals surface area contributed by atoms with Crippen molar-refractivity contribution >= 4 is 23.4 Å². The lowest BCUT2D eigenvalue weighted by Gasteiger charge is -2.21. The Labute approximate surface area is 231 Å².